The van der Waals surface area contributed by atoms with Gasteiger partial charge < -0.3 is 15.3 Å². The molecule has 0 aromatic carbocycles. The van der Waals surface area contributed by atoms with Gasteiger partial charge in [0.15, 0.2) is 0 Å². The van der Waals surface area contributed by atoms with E-state index < -0.39 is 12.0 Å². The summed E-state index contributed by atoms with van der Waals surface area (Å²) in [6.45, 7) is 6.60. The average molecular weight is 202 g/mol. The first-order valence-corrected chi connectivity index (χ1v) is 5.26. The summed E-state index contributed by atoms with van der Waals surface area (Å²) in [5, 5.41) is 11.8. The van der Waals surface area contributed by atoms with Crippen LogP contribution in [0, 0.1) is 0 Å². The van der Waals surface area contributed by atoms with Gasteiger partial charge in [-0.15, -0.1) is 0 Å². The Morgan fingerprint density at radius 1 is 1.43 bits per heavy atom. The molecule has 0 amide bonds. The first-order chi connectivity index (χ1) is 6.61. The van der Waals surface area contributed by atoms with Crippen LogP contribution in [0.15, 0.2) is 0 Å². The van der Waals surface area contributed by atoms with E-state index in [4.69, 9.17) is 5.11 Å². The molecule has 0 fully saturated rings. The molecule has 1 unspecified atom stereocenters. The van der Waals surface area contributed by atoms with Gasteiger partial charge in [0.05, 0.1) is 0 Å². The molecule has 0 aliphatic rings. The maximum absolute atomic E-state index is 10.8. The molecule has 0 saturated heterocycles. The summed E-state index contributed by atoms with van der Waals surface area (Å²) in [5.74, 6) is -0.753. The fraction of sp³-hybridized carbons (Fsp3) is 0.900. The molecule has 4 nitrogen and oxygen atoms in total. The van der Waals surface area contributed by atoms with Gasteiger partial charge >= 0.3 is 5.97 Å². The van der Waals surface area contributed by atoms with Crippen molar-refractivity contribution >= 4 is 5.97 Å². The summed E-state index contributed by atoms with van der Waals surface area (Å²) in [6, 6.07) is -0.403. The Morgan fingerprint density at radius 2 is 2.07 bits per heavy atom. The van der Waals surface area contributed by atoms with Crippen LogP contribution in [0.1, 0.15) is 26.7 Å². The number of likely N-dealkylation sites (N-methyl/N-ethyl adjacent to an activating group) is 1. The molecule has 2 N–H and O–H groups in total. The highest BCUT2D eigenvalue weighted by Crippen LogP contribution is 1.96. The van der Waals surface area contributed by atoms with E-state index in [1.165, 1.54) is 0 Å². The fourth-order valence-electron chi connectivity index (χ4n) is 1.40. The molecule has 0 spiro atoms. The van der Waals surface area contributed by atoms with Crippen LogP contribution in [0.25, 0.3) is 0 Å². The van der Waals surface area contributed by atoms with Crippen LogP contribution in [-0.4, -0.2) is 48.7 Å². The van der Waals surface area contributed by atoms with Gasteiger partial charge in [0.25, 0.3) is 0 Å². The molecule has 0 aromatic rings. The van der Waals surface area contributed by atoms with Crippen LogP contribution in [0.4, 0.5) is 0 Å². The van der Waals surface area contributed by atoms with Crippen LogP contribution in [0.3, 0.4) is 0 Å². The van der Waals surface area contributed by atoms with Gasteiger partial charge in [-0.3, -0.25) is 4.79 Å². The molecule has 0 heterocycles. The Hall–Kier alpha value is -0.610. The van der Waals surface area contributed by atoms with Crippen molar-refractivity contribution in [3.63, 3.8) is 0 Å². The number of rotatable bonds is 8. The van der Waals surface area contributed by atoms with E-state index in [-0.39, 0.29) is 0 Å². The topological polar surface area (TPSA) is 52.6 Å². The number of hydrogen-bond acceptors (Lipinski definition) is 3. The van der Waals surface area contributed by atoms with E-state index in [2.05, 4.69) is 17.1 Å². The highest BCUT2D eigenvalue weighted by Gasteiger charge is 2.15. The summed E-state index contributed by atoms with van der Waals surface area (Å²) in [7, 11) is 2.02. The smallest absolute Gasteiger partial charge is 0.320 e. The van der Waals surface area contributed by atoms with Gasteiger partial charge in [0, 0.05) is 0 Å². The second-order valence-electron chi connectivity index (χ2n) is 3.54. The molecule has 4 heteroatoms. The van der Waals surface area contributed by atoms with Crippen LogP contribution in [-0.2, 0) is 4.79 Å². The lowest BCUT2D eigenvalue weighted by Gasteiger charge is -2.19. The molecule has 0 bridgehead atoms. The minimum atomic E-state index is -0.753. The van der Waals surface area contributed by atoms with Crippen LogP contribution in [0.5, 0.6) is 0 Å². The quantitative estimate of drug-likeness (QED) is 0.611. The zero-order chi connectivity index (χ0) is 11.0. The SMILES string of the molecule is CCCN(C)CCC(NCC)C(=O)O. The Balaban J connectivity index is 3.75. The minimum absolute atomic E-state index is 0.403. The summed E-state index contributed by atoms with van der Waals surface area (Å²) in [5.41, 5.74) is 0. The Bertz CT molecular complexity index is 162. The Labute approximate surface area is 86.3 Å². The van der Waals surface area contributed by atoms with E-state index in [1.54, 1.807) is 0 Å². The summed E-state index contributed by atoms with van der Waals surface area (Å²) in [4.78, 5) is 12.9. The van der Waals surface area contributed by atoms with Crippen molar-refractivity contribution in [2.45, 2.75) is 32.7 Å². The van der Waals surface area contributed by atoms with Gasteiger partial charge in [-0.1, -0.05) is 13.8 Å². The average Bonchev–Trinajstić information content (AvgIpc) is 2.12. The highest BCUT2D eigenvalue weighted by molar-refractivity contribution is 5.73. The minimum Gasteiger partial charge on any atom is -0.480 e. The first kappa shape index (κ1) is 13.4. The van der Waals surface area contributed by atoms with E-state index in [0.717, 1.165) is 19.5 Å². The van der Waals surface area contributed by atoms with Gasteiger partial charge in [0.2, 0.25) is 0 Å². The third-order valence-electron chi connectivity index (χ3n) is 2.15. The van der Waals surface area contributed by atoms with E-state index in [0.29, 0.717) is 13.0 Å². The van der Waals surface area contributed by atoms with Gasteiger partial charge in [0.1, 0.15) is 6.04 Å². The van der Waals surface area contributed by atoms with Crippen LogP contribution in [0.2, 0.25) is 0 Å². The lowest BCUT2D eigenvalue weighted by Crippen LogP contribution is -2.39. The van der Waals surface area contributed by atoms with Crippen LogP contribution < -0.4 is 5.32 Å². The first-order valence-electron chi connectivity index (χ1n) is 5.26. The van der Waals surface area contributed by atoms with E-state index in [1.807, 2.05) is 14.0 Å². The van der Waals surface area contributed by atoms with Crippen molar-refractivity contribution in [2.24, 2.45) is 0 Å². The molecule has 0 saturated carbocycles. The van der Waals surface area contributed by atoms with Crippen molar-refractivity contribution in [1.82, 2.24) is 10.2 Å². The zero-order valence-corrected chi connectivity index (χ0v) is 9.42. The van der Waals surface area contributed by atoms with Crippen molar-refractivity contribution < 1.29 is 9.90 Å². The second-order valence-corrected chi connectivity index (χ2v) is 3.54. The summed E-state index contributed by atoms with van der Waals surface area (Å²) >= 11 is 0. The predicted octanol–water partition coefficient (Wildman–Crippen LogP) is 0.781. The largest absolute Gasteiger partial charge is 0.480 e. The Kier molecular flexibility index (Phi) is 7.42. The number of aliphatic carboxylic acids is 1. The summed E-state index contributed by atoms with van der Waals surface area (Å²) < 4.78 is 0. The molecular formula is C10H22N2O2. The standard InChI is InChI=1S/C10H22N2O2/c1-4-7-12(3)8-6-9(10(13)14)11-5-2/h9,11H,4-8H2,1-3H3,(H,13,14). The maximum Gasteiger partial charge on any atom is 0.320 e. The molecule has 84 valence electrons. The monoisotopic (exact) mass is 202 g/mol. The third kappa shape index (κ3) is 5.94. The molecule has 0 radical (unpaired) electrons. The predicted molar refractivity (Wildman–Crippen MR) is 57.5 cm³/mol. The number of hydrogen-bond donors (Lipinski definition) is 2. The second kappa shape index (κ2) is 7.76. The molecule has 0 aliphatic carbocycles. The molecule has 0 aliphatic heterocycles. The maximum atomic E-state index is 10.8. The van der Waals surface area contributed by atoms with Gasteiger partial charge in [-0.05, 0) is 39.5 Å². The summed E-state index contributed by atoms with van der Waals surface area (Å²) in [6.07, 6.45) is 1.77. The molecular weight excluding hydrogens is 180 g/mol. The number of nitrogens with one attached hydrogen (secondary N) is 1. The van der Waals surface area contributed by atoms with Gasteiger partial charge in [-0.25, -0.2) is 0 Å². The number of carboxylic acid groups (broad SMARTS) is 1. The van der Waals surface area contributed by atoms with Crippen LogP contribution >= 0.6 is 0 Å². The number of carboxylic acids is 1. The fourth-order valence-corrected chi connectivity index (χ4v) is 1.40. The number of nitrogens with zero attached hydrogens (tertiary/aromatic N) is 1. The zero-order valence-electron chi connectivity index (χ0n) is 9.42. The highest BCUT2D eigenvalue weighted by atomic mass is 16.4. The normalized spacial score (nSPS) is 13.1. The lowest BCUT2D eigenvalue weighted by atomic mass is 10.2. The molecule has 1 atom stereocenters. The molecule has 14 heavy (non-hydrogen) atoms. The number of carbonyl (C=O) groups is 1. The van der Waals surface area contributed by atoms with E-state index >= 15 is 0 Å². The van der Waals surface area contributed by atoms with Crippen molar-refractivity contribution in [2.75, 3.05) is 26.7 Å². The third-order valence-corrected chi connectivity index (χ3v) is 2.15. The van der Waals surface area contributed by atoms with Crippen molar-refractivity contribution in [1.29, 1.82) is 0 Å². The molecule has 0 aromatic heterocycles. The lowest BCUT2D eigenvalue weighted by molar-refractivity contribution is -0.139. The van der Waals surface area contributed by atoms with Gasteiger partial charge in [-0.2, -0.15) is 0 Å². The van der Waals surface area contributed by atoms with E-state index in [9.17, 15) is 4.79 Å². The molecule has 0 rings (SSSR count). The van der Waals surface area contributed by atoms with Crippen molar-refractivity contribution in [3.8, 4) is 0 Å². The van der Waals surface area contributed by atoms with Crippen molar-refractivity contribution in [3.05, 3.63) is 0 Å². The Morgan fingerprint density at radius 3 is 2.50 bits per heavy atom.